The van der Waals surface area contributed by atoms with Crippen LogP contribution >= 0.6 is 0 Å². The third kappa shape index (κ3) is 2.59. The first kappa shape index (κ1) is 12.9. The van der Waals surface area contributed by atoms with Crippen LogP contribution in [0.25, 0.3) is 10.9 Å². The fourth-order valence-corrected chi connectivity index (χ4v) is 2.58. The lowest BCUT2D eigenvalue weighted by Crippen LogP contribution is -2.29. The van der Waals surface area contributed by atoms with Crippen molar-refractivity contribution in [3.8, 4) is 6.07 Å². The van der Waals surface area contributed by atoms with E-state index in [-0.39, 0.29) is 0 Å². The quantitative estimate of drug-likeness (QED) is 0.858. The largest absolute Gasteiger partial charge is 0.376 e. The highest BCUT2D eigenvalue weighted by atomic mass is 16.5. The van der Waals surface area contributed by atoms with Crippen LogP contribution in [-0.4, -0.2) is 31.3 Å². The summed E-state index contributed by atoms with van der Waals surface area (Å²) >= 11 is 0. The molecule has 1 aromatic carbocycles. The van der Waals surface area contributed by atoms with Gasteiger partial charge < -0.3 is 9.64 Å². The first-order chi connectivity index (χ1) is 9.76. The number of anilines is 1. The number of rotatable bonds is 3. The van der Waals surface area contributed by atoms with Crippen LogP contribution in [0.3, 0.4) is 0 Å². The van der Waals surface area contributed by atoms with E-state index in [9.17, 15) is 0 Å². The van der Waals surface area contributed by atoms with E-state index in [0.717, 1.165) is 42.7 Å². The van der Waals surface area contributed by atoms with Crippen molar-refractivity contribution in [1.29, 1.82) is 5.26 Å². The van der Waals surface area contributed by atoms with Gasteiger partial charge in [-0.1, -0.05) is 0 Å². The van der Waals surface area contributed by atoms with Crippen LogP contribution in [0.15, 0.2) is 30.3 Å². The Labute approximate surface area is 118 Å². The SMILES string of the molecule is CN(CC1CCCO1)c1ccc2cc(C#N)ccc2n1. The Balaban J connectivity index is 1.83. The molecule has 0 radical (unpaired) electrons. The number of nitriles is 1. The molecule has 1 aliphatic rings. The average molecular weight is 267 g/mol. The van der Waals surface area contributed by atoms with E-state index in [1.165, 1.54) is 0 Å². The summed E-state index contributed by atoms with van der Waals surface area (Å²) in [5.41, 5.74) is 1.58. The molecule has 1 saturated heterocycles. The standard InChI is InChI=1S/C16H17N3O/c1-19(11-14-3-2-8-20-14)16-7-5-13-9-12(10-17)4-6-15(13)18-16/h4-7,9,14H,2-3,8,11H2,1H3. The maximum atomic E-state index is 8.91. The van der Waals surface area contributed by atoms with Crippen LogP contribution in [0.4, 0.5) is 5.82 Å². The van der Waals surface area contributed by atoms with Crippen molar-refractivity contribution in [2.24, 2.45) is 0 Å². The monoisotopic (exact) mass is 267 g/mol. The number of hydrogen-bond acceptors (Lipinski definition) is 4. The third-order valence-electron chi connectivity index (χ3n) is 3.70. The molecule has 4 heteroatoms. The molecule has 2 heterocycles. The molecule has 1 unspecified atom stereocenters. The molecule has 3 rings (SSSR count). The summed E-state index contributed by atoms with van der Waals surface area (Å²) in [6.45, 7) is 1.75. The summed E-state index contributed by atoms with van der Waals surface area (Å²) in [6.07, 6.45) is 2.60. The van der Waals surface area contributed by atoms with Crippen LogP contribution < -0.4 is 4.90 Å². The van der Waals surface area contributed by atoms with E-state index in [0.29, 0.717) is 11.7 Å². The van der Waals surface area contributed by atoms with Gasteiger partial charge in [-0.2, -0.15) is 5.26 Å². The zero-order chi connectivity index (χ0) is 13.9. The van der Waals surface area contributed by atoms with E-state index < -0.39 is 0 Å². The van der Waals surface area contributed by atoms with Crippen LogP contribution in [0.1, 0.15) is 18.4 Å². The molecule has 0 amide bonds. The number of hydrogen-bond donors (Lipinski definition) is 0. The third-order valence-corrected chi connectivity index (χ3v) is 3.70. The van der Waals surface area contributed by atoms with Gasteiger partial charge in [-0.3, -0.25) is 0 Å². The summed E-state index contributed by atoms with van der Waals surface area (Å²) in [5, 5.41) is 9.91. The van der Waals surface area contributed by atoms with Gasteiger partial charge in [0.05, 0.1) is 23.3 Å². The van der Waals surface area contributed by atoms with Gasteiger partial charge in [-0.25, -0.2) is 4.98 Å². The Morgan fingerprint density at radius 3 is 3.05 bits per heavy atom. The number of nitrogens with zero attached hydrogens (tertiary/aromatic N) is 3. The minimum absolute atomic E-state index is 0.318. The number of likely N-dealkylation sites (N-methyl/N-ethyl adjacent to an activating group) is 1. The predicted octanol–water partition coefficient (Wildman–Crippen LogP) is 2.72. The fourth-order valence-electron chi connectivity index (χ4n) is 2.58. The van der Waals surface area contributed by atoms with E-state index in [1.54, 1.807) is 6.07 Å². The smallest absolute Gasteiger partial charge is 0.129 e. The van der Waals surface area contributed by atoms with Crippen molar-refractivity contribution in [3.63, 3.8) is 0 Å². The normalized spacial score (nSPS) is 18.1. The van der Waals surface area contributed by atoms with Crippen LogP contribution in [0, 0.1) is 11.3 Å². The van der Waals surface area contributed by atoms with E-state index in [4.69, 9.17) is 10.00 Å². The molecule has 102 valence electrons. The summed E-state index contributed by atoms with van der Waals surface area (Å²) in [5.74, 6) is 0.942. The molecule has 0 saturated carbocycles. The Morgan fingerprint density at radius 1 is 1.40 bits per heavy atom. The predicted molar refractivity (Wildman–Crippen MR) is 78.7 cm³/mol. The zero-order valence-corrected chi connectivity index (χ0v) is 11.5. The van der Waals surface area contributed by atoms with Crippen molar-refractivity contribution in [2.45, 2.75) is 18.9 Å². The summed E-state index contributed by atoms with van der Waals surface area (Å²) < 4.78 is 5.66. The zero-order valence-electron chi connectivity index (χ0n) is 11.5. The maximum absolute atomic E-state index is 8.91. The number of fused-ring (bicyclic) bond motifs is 1. The van der Waals surface area contributed by atoms with Gasteiger partial charge in [-0.15, -0.1) is 0 Å². The Bertz CT molecular complexity index is 656. The van der Waals surface area contributed by atoms with Crippen molar-refractivity contribution in [1.82, 2.24) is 4.98 Å². The first-order valence-electron chi connectivity index (χ1n) is 6.90. The van der Waals surface area contributed by atoms with Crippen molar-refractivity contribution in [2.75, 3.05) is 25.1 Å². The van der Waals surface area contributed by atoms with Gasteiger partial charge in [0.1, 0.15) is 5.82 Å². The molecule has 0 N–H and O–H groups in total. The second-order valence-electron chi connectivity index (χ2n) is 5.20. The average Bonchev–Trinajstić information content (AvgIpc) is 2.99. The molecule has 2 aromatic rings. The van der Waals surface area contributed by atoms with E-state index in [2.05, 4.69) is 16.0 Å². The minimum Gasteiger partial charge on any atom is -0.376 e. The molecular weight excluding hydrogens is 250 g/mol. The number of pyridine rings is 1. The molecule has 20 heavy (non-hydrogen) atoms. The molecule has 0 aliphatic carbocycles. The number of ether oxygens (including phenoxy) is 1. The first-order valence-corrected chi connectivity index (χ1v) is 6.90. The Hall–Kier alpha value is -2.12. The Kier molecular flexibility index (Phi) is 3.53. The molecular formula is C16H17N3O. The highest BCUT2D eigenvalue weighted by Gasteiger charge is 2.18. The minimum atomic E-state index is 0.318. The van der Waals surface area contributed by atoms with Gasteiger partial charge >= 0.3 is 0 Å². The van der Waals surface area contributed by atoms with Crippen molar-refractivity contribution >= 4 is 16.7 Å². The highest BCUT2D eigenvalue weighted by Crippen LogP contribution is 2.20. The molecule has 0 bridgehead atoms. The second kappa shape index (κ2) is 5.48. The molecule has 4 nitrogen and oxygen atoms in total. The molecule has 0 spiro atoms. The summed E-state index contributed by atoms with van der Waals surface area (Å²) in [6, 6.07) is 11.7. The van der Waals surface area contributed by atoms with Crippen LogP contribution in [-0.2, 0) is 4.74 Å². The van der Waals surface area contributed by atoms with Gasteiger partial charge in [-0.05, 0) is 43.2 Å². The van der Waals surface area contributed by atoms with Crippen LogP contribution in [0.5, 0.6) is 0 Å². The summed E-state index contributed by atoms with van der Waals surface area (Å²) in [4.78, 5) is 6.79. The molecule has 1 fully saturated rings. The molecule has 1 aliphatic heterocycles. The lowest BCUT2D eigenvalue weighted by molar-refractivity contribution is 0.116. The number of benzene rings is 1. The number of aromatic nitrogens is 1. The van der Waals surface area contributed by atoms with Crippen LogP contribution in [0.2, 0.25) is 0 Å². The fraction of sp³-hybridized carbons (Fsp3) is 0.375. The van der Waals surface area contributed by atoms with Crippen molar-refractivity contribution < 1.29 is 4.74 Å². The topological polar surface area (TPSA) is 49.1 Å². The molecule has 1 aromatic heterocycles. The van der Waals surface area contributed by atoms with E-state index in [1.807, 2.05) is 31.3 Å². The Morgan fingerprint density at radius 2 is 2.30 bits per heavy atom. The lowest BCUT2D eigenvalue weighted by Gasteiger charge is -2.22. The molecule has 1 atom stereocenters. The lowest BCUT2D eigenvalue weighted by atomic mass is 10.1. The highest BCUT2D eigenvalue weighted by molar-refractivity contribution is 5.81. The second-order valence-corrected chi connectivity index (χ2v) is 5.20. The van der Waals surface area contributed by atoms with Crippen molar-refractivity contribution in [3.05, 3.63) is 35.9 Å². The van der Waals surface area contributed by atoms with Gasteiger partial charge in [0.15, 0.2) is 0 Å². The van der Waals surface area contributed by atoms with Gasteiger partial charge in [0, 0.05) is 25.6 Å². The van der Waals surface area contributed by atoms with Gasteiger partial charge in [0.2, 0.25) is 0 Å². The summed E-state index contributed by atoms with van der Waals surface area (Å²) in [7, 11) is 2.04. The maximum Gasteiger partial charge on any atom is 0.129 e. The van der Waals surface area contributed by atoms with E-state index >= 15 is 0 Å². The van der Waals surface area contributed by atoms with Gasteiger partial charge in [0.25, 0.3) is 0 Å².